The molecule has 2 atom stereocenters. The molecule has 0 radical (unpaired) electrons. The largest absolute Gasteiger partial charge is 0.479 e. The molecule has 0 aromatic heterocycles. The molecule has 156 valence electrons. The van der Waals surface area contributed by atoms with Crippen LogP contribution in [-0.4, -0.2) is 44.1 Å². The first-order valence-corrected chi connectivity index (χ1v) is 10.0. The van der Waals surface area contributed by atoms with Crippen LogP contribution in [0.15, 0.2) is 0 Å². The molecule has 0 spiro atoms. The molecule has 0 aliphatic rings. The van der Waals surface area contributed by atoms with Gasteiger partial charge >= 0.3 is 11.9 Å². The van der Waals surface area contributed by atoms with Crippen LogP contribution in [0.2, 0.25) is 0 Å². The molecule has 4 N–H and O–H groups in total. The number of aliphatic carboxylic acids is 2. The van der Waals surface area contributed by atoms with Crippen molar-refractivity contribution in [2.75, 3.05) is 0 Å². The molecule has 0 rings (SSSR count). The molecule has 0 heterocycles. The summed E-state index contributed by atoms with van der Waals surface area (Å²) in [5.41, 5.74) is -1.54. The maximum atomic E-state index is 10.7. The van der Waals surface area contributed by atoms with E-state index in [-0.39, 0.29) is 0 Å². The van der Waals surface area contributed by atoms with Crippen LogP contribution >= 0.6 is 0 Å². The third-order valence-corrected chi connectivity index (χ3v) is 4.34. The number of carboxylic acid groups (broad SMARTS) is 2. The topological polar surface area (TPSA) is 115 Å². The quantitative estimate of drug-likeness (QED) is 0.316. The third-order valence-electron chi connectivity index (χ3n) is 4.34. The molecule has 0 aliphatic carbocycles. The van der Waals surface area contributed by atoms with E-state index >= 15 is 0 Å². The second-order valence-corrected chi connectivity index (χ2v) is 7.23. The van der Waals surface area contributed by atoms with Crippen molar-refractivity contribution in [3.8, 4) is 0 Å². The number of hydrogen-bond acceptors (Lipinski definition) is 4. The van der Waals surface area contributed by atoms with Gasteiger partial charge in [-0.3, -0.25) is 0 Å². The van der Waals surface area contributed by atoms with Gasteiger partial charge in [0.05, 0.1) is 0 Å². The van der Waals surface area contributed by atoms with Gasteiger partial charge in [-0.05, 0) is 26.7 Å². The lowest BCUT2D eigenvalue weighted by Gasteiger charge is -2.17. The Kier molecular flexibility index (Phi) is 18.0. The number of aliphatic hydroxyl groups excluding tert-OH is 1. The Morgan fingerprint density at radius 3 is 1.38 bits per heavy atom. The van der Waals surface area contributed by atoms with Crippen LogP contribution in [-0.2, 0) is 9.59 Å². The normalized spacial score (nSPS) is 14.0. The molecule has 6 heteroatoms. The monoisotopic (exact) mass is 376 g/mol. The summed E-state index contributed by atoms with van der Waals surface area (Å²) in [6, 6.07) is 0. The summed E-state index contributed by atoms with van der Waals surface area (Å²) in [6.45, 7) is 4.83. The second-order valence-electron chi connectivity index (χ2n) is 7.23. The van der Waals surface area contributed by atoms with Crippen molar-refractivity contribution in [3.63, 3.8) is 0 Å². The van der Waals surface area contributed by atoms with Gasteiger partial charge in [0.1, 0.15) is 6.10 Å². The van der Waals surface area contributed by atoms with Crippen LogP contribution in [0.4, 0.5) is 0 Å². The fourth-order valence-corrected chi connectivity index (χ4v) is 2.42. The van der Waals surface area contributed by atoms with Crippen molar-refractivity contribution in [1.29, 1.82) is 0 Å². The zero-order chi connectivity index (χ0) is 20.4. The molecular weight excluding hydrogens is 336 g/mol. The molecule has 0 aromatic rings. The summed E-state index contributed by atoms with van der Waals surface area (Å²) in [5.74, 6) is -2.30. The van der Waals surface area contributed by atoms with Crippen molar-refractivity contribution in [3.05, 3.63) is 0 Å². The number of carbonyl (C=O) groups is 2. The van der Waals surface area contributed by atoms with E-state index in [4.69, 9.17) is 15.3 Å². The molecular formula is C20H40O6. The van der Waals surface area contributed by atoms with Crippen molar-refractivity contribution < 1.29 is 30.0 Å². The summed E-state index contributed by atoms with van der Waals surface area (Å²) in [5, 5.41) is 34.1. The average molecular weight is 377 g/mol. The second kappa shape index (κ2) is 17.3. The minimum atomic E-state index is -1.54. The van der Waals surface area contributed by atoms with Gasteiger partial charge in [0, 0.05) is 0 Å². The SMILES string of the molecule is CC(O)C(=O)O.CCCCCCCCCCCCCCC(C)(O)C(=O)O. The number of hydrogen-bond donors (Lipinski definition) is 4. The van der Waals surface area contributed by atoms with Crippen LogP contribution in [0.1, 0.15) is 104 Å². The highest BCUT2D eigenvalue weighted by Gasteiger charge is 2.28. The van der Waals surface area contributed by atoms with Gasteiger partial charge in [-0.15, -0.1) is 0 Å². The molecule has 6 nitrogen and oxygen atoms in total. The summed E-state index contributed by atoms with van der Waals surface area (Å²) in [6.07, 6.45) is 14.2. The van der Waals surface area contributed by atoms with E-state index in [0.29, 0.717) is 6.42 Å². The zero-order valence-electron chi connectivity index (χ0n) is 16.9. The Hall–Kier alpha value is -1.14. The predicted molar refractivity (Wildman–Crippen MR) is 103 cm³/mol. The highest BCUT2D eigenvalue weighted by atomic mass is 16.4. The fraction of sp³-hybridized carbons (Fsp3) is 0.900. The molecule has 0 fully saturated rings. The first kappa shape index (κ1) is 27.1. The zero-order valence-corrected chi connectivity index (χ0v) is 16.9. The van der Waals surface area contributed by atoms with Gasteiger partial charge in [0.2, 0.25) is 0 Å². The van der Waals surface area contributed by atoms with E-state index in [2.05, 4.69) is 6.92 Å². The molecule has 0 aromatic carbocycles. The van der Waals surface area contributed by atoms with Gasteiger partial charge in [-0.2, -0.15) is 0 Å². The van der Waals surface area contributed by atoms with Crippen molar-refractivity contribution >= 4 is 11.9 Å². The van der Waals surface area contributed by atoms with E-state index < -0.39 is 23.6 Å². The Balaban J connectivity index is 0. The predicted octanol–water partition coefficient (Wildman–Crippen LogP) is 4.37. The smallest absolute Gasteiger partial charge is 0.335 e. The molecule has 26 heavy (non-hydrogen) atoms. The first-order chi connectivity index (χ1) is 12.1. The van der Waals surface area contributed by atoms with Crippen molar-refractivity contribution in [1.82, 2.24) is 0 Å². The fourth-order valence-electron chi connectivity index (χ4n) is 2.42. The van der Waals surface area contributed by atoms with Crippen LogP contribution in [0.3, 0.4) is 0 Å². The van der Waals surface area contributed by atoms with Gasteiger partial charge in [0.15, 0.2) is 5.60 Å². The Labute approximate surface area is 158 Å². The number of aliphatic hydroxyl groups is 2. The van der Waals surface area contributed by atoms with E-state index in [9.17, 15) is 14.7 Å². The van der Waals surface area contributed by atoms with E-state index in [1.54, 1.807) is 0 Å². The third kappa shape index (κ3) is 19.2. The molecule has 2 unspecified atom stereocenters. The first-order valence-electron chi connectivity index (χ1n) is 10.0. The van der Waals surface area contributed by atoms with E-state index in [1.165, 1.54) is 71.6 Å². The standard InChI is InChI=1S/C17H34O3.C3H6O3/c1-3-4-5-6-7-8-9-10-11-12-13-14-15-17(2,20)16(18)19;1-2(4)3(5)6/h20H,3-15H2,1-2H3,(H,18,19);2,4H,1H3,(H,5,6). The average Bonchev–Trinajstić information content (AvgIpc) is 2.56. The summed E-state index contributed by atoms with van der Waals surface area (Å²) in [7, 11) is 0. The van der Waals surface area contributed by atoms with E-state index in [0.717, 1.165) is 19.3 Å². The van der Waals surface area contributed by atoms with E-state index in [1.807, 2.05) is 0 Å². The lowest BCUT2D eigenvalue weighted by Crippen LogP contribution is -2.34. The van der Waals surface area contributed by atoms with Gasteiger partial charge < -0.3 is 20.4 Å². The minimum absolute atomic E-state index is 0.361. The molecule has 0 saturated heterocycles. The summed E-state index contributed by atoms with van der Waals surface area (Å²) in [4.78, 5) is 20.2. The maximum absolute atomic E-state index is 10.7. The lowest BCUT2D eigenvalue weighted by atomic mass is 9.97. The Morgan fingerprint density at radius 1 is 0.808 bits per heavy atom. The van der Waals surface area contributed by atoms with Gasteiger partial charge in [-0.1, -0.05) is 77.6 Å². The summed E-state index contributed by atoms with van der Waals surface area (Å²) >= 11 is 0. The minimum Gasteiger partial charge on any atom is -0.479 e. The molecule has 0 bridgehead atoms. The Bertz CT molecular complexity index is 352. The number of carboxylic acids is 2. The maximum Gasteiger partial charge on any atom is 0.335 e. The van der Waals surface area contributed by atoms with Gasteiger partial charge in [0.25, 0.3) is 0 Å². The van der Waals surface area contributed by atoms with Crippen LogP contribution in [0.25, 0.3) is 0 Å². The molecule has 0 amide bonds. The highest BCUT2D eigenvalue weighted by molar-refractivity contribution is 5.76. The molecule has 0 saturated carbocycles. The van der Waals surface area contributed by atoms with Crippen molar-refractivity contribution in [2.45, 2.75) is 116 Å². The van der Waals surface area contributed by atoms with Crippen molar-refractivity contribution in [2.24, 2.45) is 0 Å². The lowest BCUT2D eigenvalue weighted by molar-refractivity contribution is -0.157. The molecule has 0 aliphatic heterocycles. The number of rotatable bonds is 15. The van der Waals surface area contributed by atoms with Crippen LogP contribution in [0.5, 0.6) is 0 Å². The Morgan fingerprint density at radius 2 is 1.12 bits per heavy atom. The highest BCUT2D eigenvalue weighted by Crippen LogP contribution is 2.17. The number of unbranched alkanes of at least 4 members (excludes halogenated alkanes) is 11. The van der Waals surface area contributed by atoms with Crippen LogP contribution in [0, 0.1) is 0 Å². The van der Waals surface area contributed by atoms with Gasteiger partial charge in [-0.25, -0.2) is 9.59 Å². The van der Waals surface area contributed by atoms with Crippen LogP contribution < -0.4 is 0 Å². The summed E-state index contributed by atoms with van der Waals surface area (Å²) < 4.78 is 0.